The van der Waals surface area contributed by atoms with Crippen molar-refractivity contribution in [1.29, 1.82) is 0 Å². The molecule has 0 N–H and O–H groups in total. The number of rotatable bonds is 2. The van der Waals surface area contributed by atoms with E-state index in [-0.39, 0.29) is 5.69 Å². The van der Waals surface area contributed by atoms with Crippen molar-refractivity contribution in [2.24, 2.45) is 0 Å². The molecular weight excluding hydrogens is 240 g/mol. The Morgan fingerprint density at radius 2 is 2.15 bits per heavy atom. The largest absolute Gasteiger partial charge is 0.494 e. The van der Waals surface area contributed by atoms with Crippen molar-refractivity contribution >= 4 is 21.9 Å². The van der Waals surface area contributed by atoms with Crippen molar-refractivity contribution < 1.29 is 14.3 Å². The van der Waals surface area contributed by atoms with Crippen LogP contribution in [0.5, 0.6) is 5.75 Å². The molecule has 0 radical (unpaired) electrons. The number of aromatic nitrogens is 2. The molecule has 0 fully saturated rings. The van der Waals surface area contributed by atoms with E-state index in [0.717, 1.165) is 0 Å². The van der Waals surface area contributed by atoms with E-state index in [2.05, 4.69) is 30.9 Å². The lowest BCUT2D eigenvalue weighted by Crippen LogP contribution is -2.08. The Hall–Kier alpha value is -1.17. The van der Waals surface area contributed by atoms with E-state index in [1.54, 1.807) is 6.07 Å². The van der Waals surface area contributed by atoms with Crippen LogP contribution >= 0.6 is 15.9 Å². The number of hydrogen-bond donors (Lipinski definition) is 0. The van der Waals surface area contributed by atoms with E-state index in [1.807, 2.05) is 0 Å². The highest BCUT2D eigenvalue weighted by molar-refractivity contribution is 9.10. The molecular formula is C7H7BrN2O3. The Labute approximate surface area is 83.2 Å². The van der Waals surface area contributed by atoms with Gasteiger partial charge in [0.15, 0.2) is 5.75 Å². The molecule has 0 saturated heterocycles. The first-order chi connectivity index (χ1) is 6.19. The van der Waals surface area contributed by atoms with Gasteiger partial charge in [0.1, 0.15) is 4.60 Å². The number of carbonyl (C=O) groups excluding carboxylic acids is 1. The van der Waals surface area contributed by atoms with E-state index in [4.69, 9.17) is 4.74 Å². The summed E-state index contributed by atoms with van der Waals surface area (Å²) >= 11 is 3.10. The summed E-state index contributed by atoms with van der Waals surface area (Å²) in [5.74, 6) is -0.245. The summed E-state index contributed by atoms with van der Waals surface area (Å²) in [4.78, 5) is 11.1. The minimum Gasteiger partial charge on any atom is -0.494 e. The summed E-state index contributed by atoms with van der Waals surface area (Å²) < 4.78 is 9.89. The van der Waals surface area contributed by atoms with Gasteiger partial charge in [-0.1, -0.05) is 0 Å². The van der Waals surface area contributed by atoms with Crippen molar-refractivity contribution in [2.75, 3.05) is 14.2 Å². The average molecular weight is 247 g/mol. The summed E-state index contributed by atoms with van der Waals surface area (Å²) in [7, 11) is 2.71. The molecule has 0 aliphatic heterocycles. The lowest BCUT2D eigenvalue weighted by atomic mass is 10.3. The SMILES string of the molecule is COC(=O)c1nnc(Br)cc1OC. The molecule has 0 aromatic carbocycles. The first-order valence-electron chi connectivity index (χ1n) is 3.34. The van der Waals surface area contributed by atoms with Gasteiger partial charge < -0.3 is 9.47 Å². The van der Waals surface area contributed by atoms with Crippen LogP contribution in [-0.4, -0.2) is 30.4 Å². The smallest absolute Gasteiger partial charge is 0.362 e. The van der Waals surface area contributed by atoms with Crippen LogP contribution in [0, 0.1) is 0 Å². The van der Waals surface area contributed by atoms with Gasteiger partial charge in [-0.15, -0.1) is 10.2 Å². The maximum absolute atomic E-state index is 11.1. The van der Waals surface area contributed by atoms with Crippen molar-refractivity contribution in [1.82, 2.24) is 10.2 Å². The van der Waals surface area contributed by atoms with Gasteiger partial charge in [0, 0.05) is 6.07 Å². The minimum atomic E-state index is -0.572. The maximum atomic E-state index is 11.1. The van der Waals surface area contributed by atoms with Gasteiger partial charge in [0.05, 0.1) is 14.2 Å². The molecule has 0 amide bonds. The Morgan fingerprint density at radius 3 is 2.69 bits per heavy atom. The highest BCUT2D eigenvalue weighted by atomic mass is 79.9. The second-order valence-corrected chi connectivity index (χ2v) is 2.89. The zero-order valence-electron chi connectivity index (χ0n) is 7.07. The second kappa shape index (κ2) is 4.18. The lowest BCUT2D eigenvalue weighted by Gasteiger charge is -2.03. The predicted octanol–water partition coefficient (Wildman–Crippen LogP) is 1.03. The Balaban J connectivity index is 3.13. The molecule has 70 valence electrons. The highest BCUT2D eigenvalue weighted by Crippen LogP contribution is 2.19. The fourth-order valence-electron chi connectivity index (χ4n) is 0.746. The van der Waals surface area contributed by atoms with Crippen molar-refractivity contribution in [3.05, 3.63) is 16.4 Å². The summed E-state index contributed by atoms with van der Waals surface area (Å²) in [6, 6.07) is 1.54. The molecule has 0 atom stereocenters. The maximum Gasteiger partial charge on any atom is 0.362 e. The molecule has 13 heavy (non-hydrogen) atoms. The summed E-state index contributed by atoms with van der Waals surface area (Å²) in [5.41, 5.74) is 0.0631. The Kier molecular flexibility index (Phi) is 3.18. The van der Waals surface area contributed by atoms with Crippen molar-refractivity contribution in [3.8, 4) is 5.75 Å². The average Bonchev–Trinajstić information content (AvgIpc) is 2.16. The van der Waals surface area contributed by atoms with Crippen LogP contribution in [0.15, 0.2) is 10.7 Å². The molecule has 0 unspecified atom stereocenters. The van der Waals surface area contributed by atoms with Crippen LogP contribution in [0.1, 0.15) is 10.5 Å². The summed E-state index contributed by atoms with van der Waals surface area (Å²) in [6.07, 6.45) is 0. The number of hydrogen-bond acceptors (Lipinski definition) is 5. The van der Waals surface area contributed by atoms with Gasteiger partial charge in [-0.25, -0.2) is 4.79 Å². The monoisotopic (exact) mass is 246 g/mol. The molecule has 0 aliphatic rings. The van der Waals surface area contributed by atoms with Crippen LogP contribution in [0.25, 0.3) is 0 Å². The Bertz CT molecular complexity index is 330. The third-order valence-electron chi connectivity index (χ3n) is 1.33. The number of nitrogens with zero attached hydrogens (tertiary/aromatic N) is 2. The molecule has 1 heterocycles. The van der Waals surface area contributed by atoms with Gasteiger partial charge in [-0.3, -0.25) is 0 Å². The molecule has 0 bridgehead atoms. The van der Waals surface area contributed by atoms with Gasteiger partial charge in [0.25, 0.3) is 0 Å². The van der Waals surface area contributed by atoms with Crippen LogP contribution < -0.4 is 4.74 Å². The van der Waals surface area contributed by atoms with E-state index >= 15 is 0 Å². The molecule has 1 aromatic heterocycles. The zero-order valence-corrected chi connectivity index (χ0v) is 8.66. The van der Waals surface area contributed by atoms with E-state index in [0.29, 0.717) is 10.4 Å². The first-order valence-corrected chi connectivity index (χ1v) is 4.14. The van der Waals surface area contributed by atoms with E-state index in [1.165, 1.54) is 14.2 Å². The van der Waals surface area contributed by atoms with Crippen molar-refractivity contribution in [3.63, 3.8) is 0 Å². The van der Waals surface area contributed by atoms with E-state index in [9.17, 15) is 4.79 Å². The Morgan fingerprint density at radius 1 is 1.46 bits per heavy atom. The number of carbonyl (C=O) groups is 1. The predicted molar refractivity (Wildman–Crippen MR) is 47.6 cm³/mol. The number of methoxy groups -OCH3 is 2. The molecule has 1 rings (SSSR count). The number of esters is 1. The molecule has 0 spiro atoms. The molecule has 6 heteroatoms. The lowest BCUT2D eigenvalue weighted by molar-refractivity contribution is 0.0588. The summed E-state index contributed by atoms with van der Waals surface area (Å²) in [6.45, 7) is 0. The third-order valence-corrected chi connectivity index (χ3v) is 1.72. The highest BCUT2D eigenvalue weighted by Gasteiger charge is 2.15. The van der Waals surface area contributed by atoms with Crippen molar-refractivity contribution in [2.45, 2.75) is 0 Å². The minimum absolute atomic E-state index is 0.0631. The standard InChI is InChI=1S/C7H7BrN2O3/c1-12-4-3-5(8)9-10-6(4)7(11)13-2/h3H,1-2H3. The third kappa shape index (κ3) is 2.15. The van der Waals surface area contributed by atoms with Gasteiger partial charge in [-0.2, -0.15) is 0 Å². The first kappa shape index (κ1) is 9.91. The van der Waals surface area contributed by atoms with E-state index < -0.39 is 5.97 Å². The molecule has 1 aromatic rings. The summed E-state index contributed by atoms with van der Waals surface area (Å²) in [5, 5.41) is 7.27. The molecule has 0 aliphatic carbocycles. The normalized spacial score (nSPS) is 9.46. The van der Waals surface area contributed by atoms with Gasteiger partial charge >= 0.3 is 5.97 Å². The molecule has 5 nitrogen and oxygen atoms in total. The van der Waals surface area contributed by atoms with Gasteiger partial charge in [-0.05, 0) is 15.9 Å². The van der Waals surface area contributed by atoms with Crippen LogP contribution in [0.2, 0.25) is 0 Å². The van der Waals surface area contributed by atoms with Crippen LogP contribution in [-0.2, 0) is 4.74 Å². The topological polar surface area (TPSA) is 61.3 Å². The van der Waals surface area contributed by atoms with Gasteiger partial charge in [0.2, 0.25) is 5.69 Å². The van der Waals surface area contributed by atoms with Crippen LogP contribution in [0.3, 0.4) is 0 Å². The molecule has 0 saturated carbocycles. The second-order valence-electron chi connectivity index (χ2n) is 2.08. The number of ether oxygens (including phenoxy) is 2. The fourth-order valence-corrected chi connectivity index (χ4v) is 1.03. The quantitative estimate of drug-likeness (QED) is 0.730. The zero-order chi connectivity index (χ0) is 9.84. The van der Waals surface area contributed by atoms with Crippen LogP contribution in [0.4, 0.5) is 0 Å². The number of halogens is 1. The fraction of sp³-hybridized carbons (Fsp3) is 0.286.